The number of hydrogen-bond acceptors (Lipinski definition) is 4. The molecule has 0 bridgehead atoms. The van der Waals surface area contributed by atoms with E-state index in [4.69, 9.17) is 5.11 Å². The number of piperidine rings is 1. The summed E-state index contributed by atoms with van der Waals surface area (Å²) in [5.74, 6) is 0.651. The molecule has 2 heterocycles. The van der Waals surface area contributed by atoms with Gasteiger partial charge in [-0.25, -0.2) is 4.68 Å². The highest BCUT2D eigenvalue weighted by Gasteiger charge is 2.29. The lowest BCUT2D eigenvalue weighted by Gasteiger charge is -2.34. The van der Waals surface area contributed by atoms with Crippen LogP contribution in [0.25, 0.3) is 0 Å². The first-order valence-corrected chi connectivity index (χ1v) is 9.58. The Morgan fingerprint density at radius 3 is 2.50 bits per heavy atom. The zero-order valence-corrected chi connectivity index (χ0v) is 14.6. The van der Waals surface area contributed by atoms with Gasteiger partial charge in [-0.2, -0.15) is 0 Å². The molecule has 1 aromatic rings. The van der Waals surface area contributed by atoms with Crippen LogP contribution in [0.3, 0.4) is 0 Å². The molecule has 1 aliphatic carbocycles. The molecule has 0 spiro atoms. The normalized spacial score (nSPS) is 21.0. The van der Waals surface area contributed by atoms with E-state index in [0.29, 0.717) is 11.9 Å². The molecule has 6 heteroatoms. The second-order valence-electron chi connectivity index (χ2n) is 7.26. The maximum absolute atomic E-state index is 12.7. The van der Waals surface area contributed by atoms with Crippen LogP contribution in [0, 0.1) is 5.92 Å². The van der Waals surface area contributed by atoms with Gasteiger partial charge in [0.25, 0.3) is 0 Å². The Kier molecular flexibility index (Phi) is 6.24. The van der Waals surface area contributed by atoms with Crippen LogP contribution in [0.2, 0.25) is 0 Å². The fraction of sp³-hybridized carbons (Fsp3) is 0.833. The van der Waals surface area contributed by atoms with Crippen LogP contribution < -0.4 is 0 Å². The number of carbonyl (C=O) groups is 1. The Hall–Kier alpha value is -1.43. The molecule has 24 heavy (non-hydrogen) atoms. The minimum atomic E-state index is 0.189. The third-order valence-corrected chi connectivity index (χ3v) is 5.50. The molecule has 2 fully saturated rings. The summed E-state index contributed by atoms with van der Waals surface area (Å²) in [4.78, 5) is 14.8. The Balaban J connectivity index is 1.49. The molecule has 1 aliphatic heterocycles. The third kappa shape index (κ3) is 4.35. The molecule has 1 saturated heterocycles. The number of aliphatic hydroxyl groups excluding tert-OH is 1. The number of likely N-dealkylation sites (tertiary alicyclic amines) is 1. The van der Waals surface area contributed by atoms with E-state index in [-0.39, 0.29) is 12.5 Å². The molecule has 3 rings (SSSR count). The Morgan fingerprint density at radius 2 is 1.83 bits per heavy atom. The van der Waals surface area contributed by atoms with E-state index in [1.54, 1.807) is 0 Å². The lowest BCUT2D eigenvalue weighted by atomic mass is 9.96. The Labute approximate surface area is 144 Å². The summed E-state index contributed by atoms with van der Waals surface area (Å²) in [6, 6.07) is 0.346. The van der Waals surface area contributed by atoms with Gasteiger partial charge in [-0.15, -0.1) is 5.10 Å². The van der Waals surface area contributed by atoms with Crippen molar-refractivity contribution in [3.8, 4) is 0 Å². The van der Waals surface area contributed by atoms with E-state index in [2.05, 4.69) is 15.2 Å². The third-order valence-electron chi connectivity index (χ3n) is 5.50. The molecule has 2 aliphatic rings. The number of nitrogens with zero attached hydrogens (tertiary/aromatic N) is 4. The molecule has 1 aromatic heterocycles. The summed E-state index contributed by atoms with van der Waals surface area (Å²) in [5.41, 5.74) is 0.945. The lowest BCUT2D eigenvalue weighted by molar-refractivity contribution is -0.137. The topological polar surface area (TPSA) is 71.2 Å². The molecule has 1 saturated carbocycles. The average molecular weight is 334 g/mol. The molecule has 6 nitrogen and oxygen atoms in total. The van der Waals surface area contributed by atoms with Crippen molar-refractivity contribution in [1.82, 2.24) is 19.9 Å². The molecule has 134 valence electrons. The van der Waals surface area contributed by atoms with Gasteiger partial charge in [0.05, 0.1) is 11.7 Å². The fourth-order valence-corrected chi connectivity index (χ4v) is 4.00. The van der Waals surface area contributed by atoms with Crippen LogP contribution in [-0.4, -0.2) is 50.6 Å². The molecular weight excluding hydrogens is 304 g/mol. The van der Waals surface area contributed by atoms with E-state index >= 15 is 0 Å². The number of amides is 1. The minimum Gasteiger partial charge on any atom is -0.396 e. The van der Waals surface area contributed by atoms with Crippen molar-refractivity contribution in [1.29, 1.82) is 0 Å². The molecule has 1 amide bonds. The maximum Gasteiger partial charge on any atom is 0.225 e. The number of carbonyl (C=O) groups excluding carboxylic acids is 1. The van der Waals surface area contributed by atoms with Crippen molar-refractivity contribution in [2.75, 3.05) is 19.7 Å². The smallest absolute Gasteiger partial charge is 0.225 e. The van der Waals surface area contributed by atoms with Crippen molar-refractivity contribution in [3.63, 3.8) is 0 Å². The number of aromatic nitrogens is 3. The van der Waals surface area contributed by atoms with Gasteiger partial charge in [0.15, 0.2) is 0 Å². The highest BCUT2D eigenvalue weighted by molar-refractivity contribution is 5.78. The van der Waals surface area contributed by atoms with Crippen molar-refractivity contribution in [3.05, 3.63) is 11.9 Å². The van der Waals surface area contributed by atoms with Crippen molar-refractivity contribution < 1.29 is 9.90 Å². The van der Waals surface area contributed by atoms with Gasteiger partial charge in [0.2, 0.25) is 5.91 Å². The van der Waals surface area contributed by atoms with E-state index in [1.807, 2.05) is 10.9 Å². The summed E-state index contributed by atoms with van der Waals surface area (Å²) in [7, 11) is 0. The van der Waals surface area contributed by atoms with E-state index in [9.17, 15) is 4.79 Å². The largest absolute Gasteiger partial charge is 0.396 e. The van der Waals surface area contributed by atoms with E-state index in [1.165, 1.54) is 25.7 Å². The molecule has 1 N–H and O–H groups in total. The SMILES string of the molecule is O=C(C1CCCCCC1)N1CCC(n2cc(CCCO)nn2)CC1. The summed E-state index contributed by atoms with van der Waals surface area (Å²) < 4.78 is 1.96. The standard InChI is InChI=1S/C18H30N4O2/c23-13-5-8-16-14-22(20-19-16)17-9-11-21(12-10-17)18(24)15-6-3-1-2-4-7-15/h14-15,17,23H,1-13H2. The van der Waals surface area contributed by atoms with E-state index in [0.717, 1.165) is 57.3 Å². The molecular formula is C18H30N4O2. The van der Waals surface area contributed by atoms with Gasteiger partial charge in [0, 0.05) is 31.8 Å². The number of hydrogen-bond donors (Lipinski definition) is 1. The number of aliphatic hydroxyl groups is 1. The van der Waals surface area contributed by atoms with Gasteiger partial charge >= 0.3 is 0 Å². The van der Waals surface area contributed by atoms with Gasteiger partial charge in [0.1, 0.15) is 0 Å². The maximum atomic E-state index is 12.7. The second-order valence-corrected chi connectivity index (χ2v) is 7.26. The van der Waals surface area contributed by atoms with Crippen LogP contribution in [0.1, 0.15) is 69.5 Å². The molecule has 0 aromatic carbocycles. The van der Waals surface area contributed by atoms with Crippen LogP contribution in [0.15, 0.2) is 6.20 Å². The summed E-state index contributed by atoms with van der Waals surface area (Å²) in [6.45, 7) is 1.87. The molecule has 0 atom stereocenters. The highest BCUT2D eigenvalue weighted by atomic mass is 16.3. The first kappa shape index (κ1) is 17.4. The minimum absolute atomic E-state index is 0.189. The van der Waals surface area contributed by atoms with Crippen LogP contribution in [0.4, 0.5) is 0 Å². The lowest BCUT2D eigenvalue weighted by Crippen LogP contribution is -2.42. The second kappa shape index (κ2) is 8.60. The van der Waals surface area contributed by atoms with Crippen molar-refractivity contribution in [2.24, 2.45) is 5.92 Å². The zero-order valence-electron chi connectivity index (χ0n) is 14.6. The Bertz CT molecular complexity index is 515. The summed E-state index contributed by atoms with van der Waals surface area (Å²) in [6.07, 6.45) is 12.6. The van der Waals surface area contributed by atoms with Gasteiger partial charge < -0.3 is 10.0 Å². The van der Waals surface area contributed by atoms with Crippen molar-refractivity contribution in [2.45, 2.75) is 70.3 Å². The zero-order chi connectivity index (χ0) is 16.8. The average Bonchev–Trinajstić information content (AvgIpc) is 2.92. The van der Waals surface area contributed by atoms with Crippen molar-refractivity contribution >= 4 is 5.91 Å². The number of aryl methyl sites for hydroxylation is 1. The van der Waals surface area contributed by atoms with E-state index < -0.39 is 0 Å². The van der Waals surface area contributed by atoms with Crippen LogP contribution in [-0.2, 0) is 11.2 Å². The van der Waals surface area contributed by atoms with Crippen LogP contribution >= 0.6 is 0 Å². The summed E-state index contributed by atoms with van der Waals surface area (Å²) >= 11 is 0. The molecule has 0 radical (unpaired) electrons. The molecule has 0 unspecified atom stereocenters. The highest BCUT2D eigenvalue weighted by Crippen LogP contribution is 2.28. The van der Waals surface area contributed by atoms with Gasteiger partial charge in [-0.05, 0) is 38.5 Å². The number of rotatable bonds is 5. The monoisotopic (exact) mass is 334 g/mol. The predicted octanol–water partition coefficient (Wildman–Crippen LogP) is 2.34. The Morgan fingerprint density at radius 1 is 1.12 bits per heavy atom. The quantitative estimate of drug-likeness (QED) is 0.839. The first-order valence-electron chi connectivity index (χ1n) is 9.58. The van der Waals surface area contributed by atoms with Gasteiger partial charge in [-0.3, -0.25) is 4.79 Å². The fourth-order valence-electron chi connectivity index (χ4n) is 4.00. The first-order chi connectivity index (χ1) is 11.8. The predicted molar refractivity (Wildman–Crippen MR) is 91.5 cm³/mol. The van der Waals surface area contributed by atoms with Crippen LogP contribution in [0.5, 0.6) is 0 Å². The summed E-state index contributed by atoms with van der Waals surface area (Å²) in [5, 5.41) is 17.3. The van der Waals surface area contributed by atoms with Gasteiger partial charge in [-0.1, -0.05) is 30.9 Å².